The van der Waals surface area contributed by atoms with Crippen LogP contribution in [0.3, 0.4) is 0 Å². The third-order valence-corrected chi connectivity index (χ3v) is 3.17. The summed E-state index contributed by atoms with van der Waals surface area (Å²) >= 11 is 6.12. The summed E-state index contributed by atoms with van der Waals surface area (Å²) in [5.74, 6) is 7.13. The van der Waals surface area contributed by atoms with Gasteiger partial charge in [0.05, 0.1) is 17.6 Å². The van der Waals surface area contributed by atoms with E-state index in [4.69, 9.17) is 22.2 Å². The number of hydrazine groups is 1. The van der Waals surface area contributed by atoms with Crippen molar-refractivity contribution >= 4 is 28.3 Å². The SMILES string of the molecule is COc1cc2nc(NN)c(C(C)C)cc2cc1Cl. The lowest BCUT2D eigenvalue weighted by Gasteiger charge is -2.13. The van der Waals surface area contributed by atoms with Crippen LogP contribution in [0, 0.1) is 0 Å². The average molecular weight is 266 g/mol. The summed E-state index contributed by atoms with van der Waals surface area (Å²) in [5.41, 5.74) is 4.50. The Morgan fingerprint density at radius 2 is 2.06 bits per heavy atom. The monoisotopic (exact) mass is 265 g/mol. The van der Waals surface area contributed by atoms with Crippen molar-refractivity contribution in [3.8, 4) is 5.75 Å². The molecule has 0 atom stereocenters. The van der Waals surface area contributed by atoms with E-state index in [1.807, 2.05) is 18.2 Å². The normalized spacial score (nSPS) is 11.0. The third kappa shape index (κ3) is 2.21. The molecule has 0 aliphatic carbocycles. The highest BCUT2D eigenvalue weighted by Crippen LogP contribution is 2.32. The third-order valence-electron chi connectivity index (χ3n) is 2.88. The number of rotatable bonds is 3. The van der Waals surface area contributed by atoms with Crippen LogP contribution >= 0.6 is 11.6 Å². The zero-order valence-electron chi connectivity index (χ0n) is 10.6. The number of nitrogen functional groups attached to an aromatic ring is 1. The van der Waals surface area contributed by atoms with E-state index in [2.05, 4.69) is 24.3 Å². The molecule has 0 saturated heterocycles. The van der Waals surface area contributed by atoms with E-state index >= 15 is 0 Å². The van der Waals surface area contributed by atoms with Crippen LogP contribution in [0.2, 0.25) is 5.02 Å². The number of aromatic nitrogens is 1. The van der Waals surface area contributed by atoms with Crippen molar-refractivity contribution in [2.75, 3.05) is 12.5 Å². The lowest BCUT2D eigenvalue weighted by atomic mass is 10.0. The molecule has 4 nitrogen and oxygen atoms in total. The van der Waals surface area contributed by atoms with E-state index in [1.54, 1.807) is 7.11 Å². The number of halogens is 1. The molecule has 0 bridgehead atoms. The number of methoxy groups -OCH3 is 1. The number of ether oxygens (including phenoxy) is 1. The lowest BCUT2D eigenvalue weighted by Crippen LogP contribution is -2.12. The van der Waals surface area contributed by atoms with Crippen molar-refractivity contribution in [1.82, 2.24) is 4.98 Å². The second-order valence-electron chi connectivity index (χ2n) is 4.40. The van der Waals surface area contributed by atoms with Crippen LogP contribution in [-0.4, -0.2) is 12.1 Å². The van der Waals surface area contributed by atoms with Gasteiger partial charge in [0, 0.05) is 11.5 Å². The predicted molar refractivity (Wildman–Crippen MR) is 75.2 cm³/mol. The molecule has 1 aromatic heterocycles. The summed E-state index contributed by atoms with van der Waals surface area (Å²) < 4.78 is 5.18. The molecule has 1 aromatic carbocycles. The summed E-state index contributed by atoms with van der Waals surface area (Å²) in [5, 5.41) is 1.55. The first-order chi connectivity index (χ1) is 8.56. The van der Waals surface area contributed by atoms with Crippen LogP contribution in [0.15, 0.2) is 18.2 Å². The lowest BCUT2D eigenvalue weighted by molar-refractivity contribution is 0.415. The first kappa shape index (κ1) is 12.9. The van der Waals surface area contributed by atoms with Crippen molar-refractivity contribution in [3.05, 3.63) is 28.8 Å². The molecule has 3 N–H and O–H groups in total. The van der Waals surface area contributed by atoms with Crippen molar-refractivity contribution in [2.45, 2.75) is 19.8 Å². The number of benzene rings is 1. The number of nitrogens with two attached hydrogens (primary N) is 1. The Bertz CT molecular complexity index is 584. The van der Waals surface area contributed by atoms with E-state index in [0.717, 1.165) is 16.5 Å². The van der Waals surface area contributed by atoms with Crippen LogP contribution in [-0.2, 0) is 0 Å². The second kappa shape index (κ2) is 5.00. The zero-order chi connectivity index (χ0) is 13.3. The van der Waals surface area contributed by atoms with Crippen molar-refractivity contribution in [2.24, 2.45) is 5.84 Å². The fraction of sp³-hybridized carbons (Fsp3) is 0.308. The molecule has 2 aromatic rings. The minimum absolute atomic E-state index is 0.328. The van der Waals surface area contributed by atoms with Crippen LogP contribution in [0.1, 0.15) is 25.3 Å². The number of pyridine rings is 1. The van der Waals surface area contributed by atoms with Gasteiger partial charge in [0.25, 0.3) is 0 Å². The summed E-state index contributed by atoms with van der Waals surface area (Å²) in [6, 6.07) is 5.71. The Hall–Kier alpha value is -1.52. The highest BCUT2D eigenvalue weighted by molar-refractivity contribution is 6.32. The quantitative estimate of drug-likeness (QED) is 0.660. The molecule has 96 valence electrons. The standard InChI is InChI=1S/C13H16ClN3O/c1-7(2)9-4-8-5-10(14)12(18-3)6-11(8)16-13(9)17-15/h4-7H,15H2,1-3H3,(H,16,17). The topological polar surface area (TPSA) is 60.2 Å². The number of nitrogens with one attached hydrogen (secondary N) is 1. The van der Waals surface area contributed by atoms with Crippen LogP contribution in [0.5, 0.6) is 5.75 Å². The van der Waals surface area contributed by atoms with E-state index in [1.165, 1.54) is 0 Å². The molecule has 0 radical (unpaired) electrons. The number of hydrogen-bond donors (Lipinski definition) is 2. The average Bonchev–Trinajstić information content (AvgIpc) is 2.36. The maximum atomic E-state index is 6.12. The minimum Gasteiger partial charge on any atom is -0.495 e. The molecule has 1 heterocycles. The smallest absolute Gasteiger partial charge is 0.144 e. The molecule has 2 rings (SSSR count). The zero-order valence-corrected chi connectivity index (χ0v) is 11.4. The van der Waals surface area contributed by atoms with Crippen LogP contribution < -0.4 is 16.0 Å². The van der Waals surface area contributed by atoms with Crippen molar-refractivity contribution < 1.29 is 4.74 Å². The predicted octanol–water partition coefficient (Wildman–Crippen LogP) is 3.31. The summed E-state index contributed by atoms with van der Waals surface area (Å²) in [4.78, 5) is 4.49. The Morgan fingerprint density at radius 3 is 2.61 bits per heavy atom. The number of hydrogen-bond acceptors (Lipinski definition) is 4. The van der Waals surface area contributed by atoms with Gasteiger partial charge in [-0.25, -0.2) is 10.8 Å². The van der Waals surface area contributed by atoms with Gasteiger partial charge >= 0.3 is 0 Å². The fourth-order valence-electron chi connectivity index (χ4n) is 1.90. The Balaban J connectivity index is 2.71. The number of anilines is 1. The minimum atomic E-state index is 0.328. The van der Waals surface area contributed by atoms with Crippen molar-refractivity contribution in [1.29, 1.82) is 0 Å². The van der Waals surface area contributed by atoms with Gasteiger partial charge in [0.15, 0.2) is 0 Å². The maximum absolute atomic E-state index is 6.12. The van der Waals surface area contributed by atoms with Gasteiger partial charge in [0.2, 0.25) is 0 Å². The van der Waals surface area contributed by atoms with E-state index in [0.29, 0.717) is 22.5 Å². The van der Waals surface area contributed by atoms with Crippen molar-refractivity contribution in [3.63, 3.8) is 0 Å². The van der Waals surface area contributed by atoms with Gasteiger partial charge in [-0.05, 0) is 23.6 Å². The Labute approximate surface area is 111 Å². The Kier molecular flexibility index (Phi) is 3.59. The molecule has 0 aliphatic rings. The molecular weight excluding hydrogens is 250 g/mol. The molecule has 0 unspecified atom stereocenters. The second-order valence-corrected chi connectivity index (χ2v) is 4.81. The van der Waals surface area contributed by atoms with E-state index in [9.17, 15) is 0 Å². The molecule has 0 spiro atoms. The number of fused-ring (bicyclic) bond motifs is 1. The summed E-state index contributed by atoms with van der Waals surface area (Å²) in [6.07, 6.45) is 0. The summed E-state index contributed by atoms with van der Waals surface area (Å²) in [6.45, 7) is 4.18. The largest absolute Gasteiger partial charge is 0.495 e. The fourth-order valence-corrected chi connectivity index (χ4v) is 2.15. The van der Waals surface area contributed by atoms with Gasteiger partial charge < -0.3 is 10.2 Å². The first-order valence-electron chi connectivity index (χ1n) is 5.71. The highest BCUT2D eigenvalue weighted by Gasteiger charge is 2.11. The molecule has 0 aliphatic heterocycles. The van der Waals surface area contributed by atoms with Gasteiger partial charge in [0.1, 0.15) is 11.6 Å². The van der Waals surface area contributed by atoms with Gasteiger partial charge in [-0.3, -0.25) is 0 Å². The molecule has 0 amide bonds. The molecule has 18 heavy (non-hydrogen) atoms. The maximum Gasteiger partial charge on any atom is 0.144 e. The van der Waals surface area contributed by atoms with E-state index in [-0.39, 0.29) is 0 Å². The van der Waals surface area contributed by atoms with Gasteiger partial charge in [-0.15, -0.1) is 0 Å². The van der Waals surface area contributed by atoms with Crippen LogP contribution in [0.25, 0.3) is 10.9 Å². The molecule has 5 heteroatoms. The van der Waals surface area contributed by atoms with E-state index < -0.39 is 0 Å². The molecule has 0 fully saturated rings. The Morgan fingerprint density at radius 1 is 1.33 bits per heavy atom. The summed E-state index contributed by atoms with van der Waals surface area (Å²) in [7, 11) is 1.58. The first-order valence-corrected chi connectivity index (χ1v) is 6.09. The number of nitrogens with zero attached hydrogens (tertiary/aromatic N) is 1. The molecular formula is C13H16ClN3O. The highest BCUT2D eigenvalue weighted by atomic mass is 35.5. The van der Waals surface area contributed by atoms with Gasteiger partial charge in [-0.1, -0.05) is 25.4 Å². The van der Waals surface area contributed by atoms with Gasteiger partial charge in [-0.2, -0.15) is 0 Å². The van der Waals surface area contributed by atoms with Crippen LogP contribution in [0.4, 0.5) is 5.82 Å². The molecule has 0 saturated carbocycles.